The molecule has 116 valence electrons. The van der Waals surface area contributed by atoms with Gasteiger partial charge in [0.1, 0.15) is 0 Å². The number of ether oxygens (including phenoxy) is 1. The van der Waals surface area contributed by atoms with Crippen molar-refractivity contribution in [2.24, 2.45) is 0 Å². The first kappa shape index (κ1) is 14.8. The van der Waals surface area contributed by atoms with Crippen molar-refractivity contribution in [3.8, 4) is 0 Å². The summed E-state index contributed by atoms with van der Waals surface area (Å²) in [5, 5.41) is 12.4. The van der Waals surface area contributed by atoms with Gasteiger partial charge in [-0.3, -0.25) is 0 Å². The lowest BCUT2D eigenvalue weighted by atomic mass is 10.2. The number of aliphatic hydroxyl groups excluding tert-OH is 1. The van der Waals surface area contributed by atoms with Crippen molar-refractivity contribution >= 4 is 15.7 Å². The molecule has 0 spiro atoms. The molecule has 2 aliphatic rings. The molecule has 0 radical (unpaired) electrons. The molecule has 2 atom stereocenters. The lowest BCUT2D eigenvalue weighted by Crippen LogP contribution is -2.51. The van der Waals surface area contributed by atoms with Crippen LogP contribution in [0.1, 0.15) is 12.5 Å². The Morgan fingerprint density at radius 1 is 1.48 bits per heavy atom. The molecule has 0 amide bonds. The summed E-state index contributed by atoms with van der Waals surface area (Å²) in [4.78, 5) is 0.293. The molecule has 2 N–H and O–H groups in total. The minimum Gasteiger partial charge on any atom is -0.394 e. The zero-order chi connectivity index (χ0) is 15.0. The van der Waals surface area contributed by atoms with Crippen LogP contribution >= 0.6 is 0 Å². The highest BCUT2D eigenvalue weighted by Crippen LogP contribution is 2.28. The van der Waals surface area contributed by atoms with E-state index in [0.717, 1.165) is 24.2 Å². The van der Waals surface area contributed by atoms with Gasteiger partial charge in [-0.2, -0.15) is 4.31 Å². The molecule has 7 heteroatoms. The molecule has 2 heterocycles. The van der Waals surface area contributed by atoms with Gasteiger partial charge in [-0.05, 0) is 31.0 Å². The smallest absolute Gasteiger partial charge is 0.243 e. The van der Waals surface area contributed by atoms with Crippen LogP contribution in [0.5, 0.6) is 0 Å². The number of aliphatic hydroxyl groups is 1. The number of nitrogens with one attached hydrogen (secondary N) is 1. The van der Waals surface area contributed by atoms with Crippen LogP contribution < -0.4 is 5.32 Å². The largest absolute Gasteiger partial charge is 0.394 e. The first-order valence-corrected chi connectivity index (χ1v) is 8.57. The lowest BCUT2D eigenvalue weighted by molar-refractivity contribution is -0.0516. The highest BCUT2D eigenvalue weighted by Gasteiger charge is 2.35. The minimum absolute atomic E-state index is 0.176. The summed E-state index contributed by atoms with van der Waals surface area (Å²) in [5.74, 6) is 0. The van der Waals surface area contributed by atoms with Gasteiger partial charge in [0.05, 0.1) is 24.2 Å². The van der Waals surface area contributed by atoms with Gasteiger partial charge < -0.3 is 15.2 Å². The lowest BCUT2D eigenvalue weighted by Gasteiger charge is -2.36. The number of rotatable bonds is 3. The molecule has 0 aromatic heterocycles. The SMILES string of the molecule is CC1COC(CO)CN1S(=O)(=O)c1ccc2c(c1)NCC2. The fourth-order valence-electron chi connectivity index (χ4n) is 2.80. The maximum absolute atomic E-state index is 12.8. The molecule has 1 aromatic carbocycles. The van der Waals surface area contributed by atoms with Gasteiger partial charge in [0.15, 0.2) is 0 Å². The van der Waals surface area contributed by atoms with Crippen molar-refractivity contribution in [3.05, 3.63) is 23.8 Å². The van der Waals surface area contributed by atoms with E-state index in [0.29, 0.717) is 11.5 Å². The maximum atomic E-state index is 12.8. The highest BCUT2D eigenvalue weighted by atomic mass is 32.2. The van der Waals surface area contributed by atoms with Crippen molar-refractivity contribution in [2.75, 3.05) is 31.6 Å². The summed E-state index contributed by atoms with van der Waals surface area (Å²) >= 11 is 0. The van der Waals surface area contributed by atoms with E-state index in [2.05, 4.69) is 5.32 Å². The predicted molar refractivity (Wildman–Crippen MR) is 78.8 cm³/mol. The fourth-order valence-corrected chi connectivity index (χ4v) is 4.48. The van der Waals surface area contributed by atoms with Gasteiger partial charge >= 0.3 is 0 Å². The first-order valence-electron chi connectivity index (χ1n) is 7.13. The van der Waals surface area contributed by atoms with Crippen LogP contribution in [0.3, 0.4) is 0 Å². The van der Waals surface area contributed by atoms with E-state index in [4.69, 9.17) is 4.74 Å². The van der Waals surface area contributed by atoms with Crippen LogP contribution in [-0.4, -0.2) is 56.3 Å². The van der Waals surface area contributed by atoms with Gasteiger partial charge in [0, 0.05) is 24.8 Å². The van der Waals surface area contributed by atoms with E-state index in [1.54, 1.807) is 12.1 Å². The van der Waals surface area contributed by atoms with Gasteiger partial charge in [-0.15, -0.1) is 0 Å². The zero-order valence-electron chi connectivity index (χ0n) is 11.9. The molecular formula is C14H20N2O4S. The Kier molecular flexibility index (Phi) is 3.92. The Balaban J connectivity index is 1.92. The normalized spacial score (nSPS) is 26.4. The van der Waals surface area contributed by atoms with Gasteiger partial charge in [0.2, 0.25) is 10.0 Å². The number of hydrogen-bond acceptors (Lipinski definition) is 5. The third-order valence-electron chi connectivity index (χ3n) is 4.05. The van der Waals surface area contributed by atoms with Crippen molar-refractivity contribution in [1.82, 2.24) is 4.31 Å². The number of nitrogens with zero attached hydrogens (tertiary/aromatic N) is 1. The molecule has 2 aliphatic heterocycles. The number of anilines is 1. The van der Waals surface area contributed by atoms with E-state index < -0.39 is 16.1 Å². The van der Waals surface area contributed by atoms with Crippen molar-refractivity contribution < 1.29 is 18.3 Å². The number of hydrogen-bond donors (Lipinski definition) is 2. The van der Waals surface area contributed by atoms with Crippen molar-refractivity contribution in [1.29, 1.82) is 0 Å². The van der Waals surface area contributed by atoms with Crippen LogP contribution in [0.2, 0.25) is 0 Å². The van der Waals surface area contributed by atoms with Crippen LogP contribution in [-0.2, 0) is 21.2 Å². The molecule has 1 aromatic rings. The Hall–Kier alpha value is -1.15. The minimum atomic E-state index is -3.57. The summed E-state index contributed by atoms with van der Waals surface area (Å²) in [6, 6.07) is 5.00. The number of benzene rings is 1. The number of sulfonamides is 1. The molecule has 0 aliphatic carbocycles. The summed E-state index contributed by atoms with van der Waals surface area (Å²) in [6.07, 6.45) is 0.472. The van der Waals surface area contributed by atoms with E-state index in [-0.39, 0.29) is 19.2 Å². The van der Waals surface area contributed by atoms with E-state index in [9.17, 15) is 13.5 Å². The molecule has 6 nitrogen and oxygen atoms in total. The maximum Gasteiger partial charge on any atom is 0.243 e. The van der Waals surface area contributed by atoms with Gasteiger partial charge in [0.25, 0.3) is 0 Å². The average Bonchev–Trinajstić information content (AvgIpc) is 2.95. The standard InChI is InChI=1S/C14H20N2O4S/c1-10-9-20-12(8-17)7-16(10)21(18,19)13-3-2-11-4-5-15-14(11)6-13/h2-3,6,10,12,15,17H,4-5,7-9H2,1H3. The predicted octanol–water partition coefficient (Wildman–Crippen LogP) is 0.425. The highest BCUT2D eigenvalue weighted by molar-refractivity contribution is 7.89. The van der Waals surface area contributed by atoms with Gasteiger partial charge in [-0.1, -0.05) is 6.07 Å². The first-order chi connectivity index (χ1) is 10.0. The van der Waals surface area contributed by atoms with Crippen LogP contribution in [0.25, 0.3) is 0 Å². The Labute approximate surface area is 124 Å². The van der Waals surface area contributed by atoms with Crippen LogP contribution in [0.4, 0.5) is 5.69 Å². The molecule has 21 heavy (non-hydrogen) atoms. The fraction of sp³-hybridized carbons (Fsp3) is 0.571. The Bertz CT molecular complexity index is 632. The van der Waals surface area contributed by atoms with Crippen LogP contribution in [0.15, 0.2) is 23.1 Å². The summed E-state index contributed by atoms with van der Waals surface area (Å²) in [6.45, 7) is 2.97. The molecule has 1 saturated heterocycles. The number of morpholine rings is 1. The Morgan fingerprint density at radius 3 is 3.05 bits per heavy atom. The van der Waals surface area contributed by atoms with E-state index >= 15 is 0 Å². The van der Waals surface area contributed by atoms with E-state index in [1.165, 1.54) is 4.31 Å². The monoisotopic (exact) mass is 312 g/mol. The Morgan fingerprint density at radius 2 is 2.29 bits per heavy atom. The average molecular weight is 312 g/mol. The zero-order valence-corrected chi connectivity index (χ0v) is 12.8. The quantitative estimate of drug-likeness (QED) is 0.846. The second kappa shape index (κ2) is 5.57. The third-order valence-corrected chi connectivity index (χ3v) is 6.03. The molecule has 0 saturated carbocycles. The van der Waals surface area contributed by atoms with Crippen LogP contribution in [0, 0.1) is 0 Å². The number of fused-ring (bicyclic) bond motifs is 1. The van der Waals surface area contributed by atoms with Gasteiger partial charge in [-0.25, -0.2) is 8.42 Å². The second-order valence-electron chi connectivity index (χ2n) is 5.56. The molecule has 1 fully saturated rings. The topological polar surface area (TPSA) is 78.9 Å². The van der Waals surface area contributed by atoms with Crippen molar-refractivity contribution in [2.45, 2.75) is 30.4 Å². The van der Waals surface area contributed by atoms with Crippen molar-refractivity contribution in [3.63, 3.8) is 0 Å². The third kappa shape index (κ3) is 2.66. The molecule has 0 bridgehead atoms. The second-order valence-corrected chi connectivity index (χ2v) is 7.45. The van der Waals surface area contributed by atoms with E-state index in [1.807, 2.05) is 13.0 Å². The summed E-state index contributed by atoms with van der Waals surface area (Å²) in [7, 11) is -3.57. The molecule has 3 rings (SSSR count). The molecule has 2 unspecified atom stereocenters. The summed E-state index contributed by atoms with van der Waals surface area (Å²) in [5.41, 5.74) is 2.05. The summed E-state index contributed by atoms with van der Waals surface area (Å²) < 4.78 is 32.5. The molecular weight excluding hydrogens is 292 g/mol.